The molecule has 1 aromatic carbocycles. The summed E-state index contributed by atoms with van der Waals surface area (Å²) in [6.45, 7) is 1.12. The third-order valence-electron chi connectivity index (χ3n) is 3.55. The van der Waals surface area contributed by atoms with E-state index in [-0.39, 0.29) is 0 Å². The minimum absolute atomic E-state index is 0.406. The summed E-state index contributed by atoms with van der Waals surface area (Å²) in [5.41, 5.74) is 5.39. The van der Waals surface area contributed by atoms with E-state index in [0.29, 0.717) is 5.37 Å². The molecule has 5 nitrogen and oxygen atoms in total. The largest absolute Gasteiger partial charge is 0.493 e. The third kappa shape index (κ3) is 4.55. The molecule has 1 aromatic rings. The van der Waals surface area contributed by atoms with Crippen molar-refractivity contribution < 1.29 is 9.47 Å². The molecule has 0 aromatic heterocycles. The zero-order valence-corrected chi connectivity index (χ0v) is 14.6. The maximum atomic E-state index is 5.35. The number of hydrazone groups is 1. The Morgan fingerprint density at radius 1 is 1.27 bits per heavy atom. The van der Waals surface area contributed by atoms with Crippen molar-refractivity contribution in [3.05, 3.63) is 23.8 Å². The van der Waals surface area contributed by atoms with Crippen LogP contribution in [0.4, 0.5) is 0 Å². The van der Waals surface area contributed by atoms with Gasteiger partial charge in [-0.05, 0) is 51.7 Å². The molecule has 1 N–H and O–H groups in total. The zero-order chi connectivity index (χ0) is 15.9. The van der Waals surface area contributed by atoms with Crippen LogP contribution in [0.3, 0.4) is 0 Å². The van der Waals surface area contributed by atoms with Crippen molar-refractivity contribution in [2.45, 2.75) is 18.2 Å². The molecule has 0 amide bonds. The number of thioether (sulfide) groups is 1. The van der Waals surface area contributed by atoms with Crippen LogP contribution >= 0.6 is 11.8 Å². The summed E-state index contributed by atoms with van der Waals surface area (Å²) < 4.78 is 10.6. The molecular weight excluding hydrogens is 298 g/mol. The molecule has 22 heavy (non-hydrogen) atoms. The third-order valence-corrected chi connectivity index (χ3v) is 4.74. The van der Waals surface area contributed by atoms with E-state index in [1.54, 1.807) is 14.2 Å². The Hall–Kier alpha value is -1.40. The van der Waals surface area contributed by atoms with Crippen LogP contribution in [0.1, 0.15) is 18.4 Å². The van der Waals surface area contributed by atoms with E-state index in [9.17, 15) is 0 Å². The fourth-order valence-corrected chi connectivity index (χ4v) is 3.35. The SMILES string of the molecule is COc1ccc(C2=NNC(CCCN(C)C)SC2)cc1OC. The average Bonchev–Trinajstić information content (AvgIpc) is 2.54. The molecular formula is C16H25N3O2S. The molecule has 1 heterocycles. The van der Waals surface area contributed by atoms with Gasteiger partial charge < -0.3 is 14.4 Å². The van der Waals surface area contributed by atoms with Crippen molar-refractivity contribution in [3.63, 3.8) is 0 Å². The smallest absolute Gasteiger partial charge is 0.161 e. The molecule has 0 bridgehead atoms. The van der Waals surface area contributed by atoms with Gasteiger partial charge in [-0.15, -0.1) is 11.8 Å². The van der Waals surface area contributed by atoms with Gasteiger partial charge in [0.15, 0.2) is 11.5 Å². The van der Waals surface area contributed by atoms with Gasteiger partial charge in [-0.2, -0.15) is 5.10 Å². The van der Waals surface area contributed by atoms with Gasteiger partial charge in [0.05, 0.1) is 25.3 Å². The van der Waals surface area contributed by atoms with Crippen LogP contribution in [0.15, 0.2) is 23.3 Å². The van der Waals surface area contributed by atoms with Gasteiger partial charge in [-0.1, -0.05) is 0 Å². The molecule has 1 aliphatic heterocycles. The van der Waals surface area contributed by atoms with E-state index in [1.807, 2.05) is 30.0 Å². The maximum absolute atomic E-state index is 5.35. The minimum Gasteiger partial charge on any atom is -0.493 e. The second kappa shape index (κ2) is 8.29. The molecule has 1 atom stereocenters. The molecule has 6 heteroatoms. The van der Waals surface area contributed by atoms with Crippen LogP contribution < -0.4 is 14.9 Å². The lowest BCUT2D eigenvalue weighted by Gasteiger charge is -2.23. The summed E-state index contributed by atoms with van der Waals surface area (Å²) >= 11 is 1.91. The van der Waals surface area contributed by atoms with Crippen LogP contribution in [0, 0.1) is 0 Å². The van der Waals surface area contributed by atoms with Crippen LogP contribution in [0.25, 0.3) is 0 Å². The lowest BCUT2D eigenvalue weighted by molar-refractivity contribution is 0.355. The molecule has 0 radical (unpaired) electrons. The van der Waals surface area contributed by atoms with Gasteiger partial charge in [0.2, 0.25) is 0 Å². The highest BCUT2D eigenvalue weighted by molar-refractivity contribution is 8.00. The zero-order valence-electron chi connectivity index (χ0n) is 13.8. The van der Waals surface area contributed by atoms with Gasteiger partial charge in [-0.25, -0.2) is 0 Å². The standard InChI is InChI=1S/C16H25N3O2S/c1-19(2)9-5-6-16-18-17-13(11-22-16)12-7-8-14(20-3)15(10-12)21-4/h7-8,10,16,18H,5-6,9,11H2,1-4H3. The summed E-state index contributed by atoms with van der Waals surface area (Å²) in [6, 6.07) is 5.92. The minimum atomic E-state index is 0.406. The van der Waals surface area contributed by atoms with E-state index in [1.165, 1.54) is 6.42 Å². The van der Waals surface area contributed by atoms with E-state index < -0.39 is 0 Å². The van der Waals surface area contributed by atoms with Gasteiger partial charge in [0.1, 0.15) is 0 Å². The van der Waals surface area contributed by atoms with Gasteiger partial charge >= 0.3 is 0 Å². The van der Waals surface area contributed by atoms with E-state index in [2.05, 4.69) is 29.5 Å². The van der Waals surface area contributed by atoms with E-state index in [4.69, 9.17) is 9.47 Å². The van der Waals surface area contributed by atoms with Crippen molar-refractivity contribution in [2.75, 3.05) is 40.6 Å². The van der Waals surface area contributed by atoms with E-state index in [0.717, 1.165) is 41.5 Å². The summed E-state index contributed by atoms with van der Waals surface area (Å²) in [5, 5.41) is 4.95. The molecule has 0 saturated heterocycles. The highest BCUT2D eigenvalue weighted by Gasteiger charge is 2.17. The van der Waals surface area contributed by atoms with Crippen molar-refractivity contribution in [3.8, 4) is 11.5 Å². The highest BCUT2D eigenvalue weighted by Crippen LogP contribution is 2.29. The van der Waals surface area contributed by atoms with E-state index >= 15 is 0 Å². The first-order valence-corrected chi connectivity index (χ1v) is 8.49. The van der Waals surface area contributed by atoms with Crippen LogP contribution in [-0.4, -0.2) is 56.6 Å². The van der Waals surface area contributed by atoms with Gasteiger partial charge in [0, 0.05) is 11.3 Å². The Bertz CT molecular complexity index is 520. The predicted molar refractivity (Wildman–Crippen MR) is 93.3 cm³/mol. The van der Waals surface area contributed by atoms with Gasteiger partial charge in [-0.3, -0.25) is 5.43 Å². The Kier molecular flexibility index (Phi) is 6.39. The second-order valence-corrected chi connectivity index (χ2v) is 6.69. The highest BCUT2D eigenvalue weighted by atomic mass is 32.2. The first-order valence-electron chi connectivity index (χ1n) is 7.45. The summed E-state index contributed by atoms with van der Waals surface area (Å²) in [7, 11) is 7.51. The molecule has 0 fully saturated rings. The molecule has 1 aliphatic rings. The Morgan fingerprint density at radius 3 is 2.64 bits per heavy atom. The average molecular weight is 323 g/mol. The lowest BCUT2D eigenvalue weighted by atomic mass is 10.1. The quantitative estimate of drug-likeness (QED) is 0.835. The fraction of sp³-hybridized carbons (Fsp3) is 0.562. The fourth-order valence-electron chi connectivity index (χ4n) is 2.30. The topological polar surface area (TPSA) is 46.1 Å². The van der Waals surface area contributed by atoms with Crippen molar-refractivity contribution in [1.29, 1.82) is 0 Å². The van der Waals surface area contributed by atoms with Crippen molar-refractivity contribution in [2.24, 2.45) is 5.10 Å². The maximum Gasteiger partial charge on any atom is 0.161 e. The number of rotatable bonds is 7. The number of benzene rings is 1. The Balaban J connectivity index is 1.96. The molecule has 0 aliphatic carbocycles. The number of hydrogen-bond donors (Lipinski definition) is 1. The van der Waals surface area contributed by atoms with Crippen molar-refractivity contribution >= 4 is 17.5 Å². The number of hydrogen-bond acceptors (Lipinski definition) is 6. The first-order chi connectivity index (χ1) is 10.6. The first kappa shape index (κ1) is 17.0. The Morgan fingerprint density at radius 2 is 2.05 bits per heavy atom. The molecule has 0 saturated carbocycles. The lowest BCUT2D eigenvalue weighted by Crippen LogP contribution is -2.30. The molecule has 1 unspecified atom stereocenters. The number of ether oxygens (including phenoxy) is 2. The summed E-state index contributed by atoms with van der Waals surface area (Å²) in [4.78, 5) is 2.21. The second-order valence-electron chi connectivity index (χ2n) is 5.50. The Labute approximate surface area is 137 Å². The molecule has 0 spiro atoms. The number of nitrogens with zero attached hydrogens (tertiary/aromatic N) is 2. The van der Waals surface area contributed by atoms with Crippen molar-refractivity contribution in [1.82, 2.24) is 10.3 Å². The predicted octanol–water partition coefficient (Wildman–Crippen LogP) is 2.41. The molecule has 122 valence electrons. The summed E-state index contributed by atoms with van der Waals surface area (Å²) in [5.74, 6) is 2.39. The van der Waals surface area contributed by atoms with Gasteiger partial charge in [0.25, 0.3) is 0 Å². The number of nitrogens with one attached hydrogen (secondary N) is 1. The number of methoxy groups -OCH3 is 2. The van der Waals surface area contributed by atoms with Crippen LogP contribution in [0.2, 0.25) is 0 Å². The summed E-state index contributed by atoms with van der Waals surface area (Å²) in [6.07, 6.45) is 2.31. The normalized spacial score (nSPS) is 17.9. The van der Waals surface area contributed by atoms with Crippen LogP contribution in [0.5, 0.6) is 11.5 Å². The molecule has 2 rings (SSSR count). The monoisotopic (exact) mass is 323 g/mol. The van der Waals surface area contributed by atoms with Crippen LogP contribution in [-0.2, 0) is 0 Å².